The summed E-state index contributed by atoms with van der Waals surface area (Å²) < 4.78 is 11.0. The van der Waals surface area contributed by atoms with E-state index in [1.165, 1.54) is 11.8 Å². The standard InChI is InChI=1S/C17H23N3O3S/c1-5-17(3,4)18-14(21)11-24-16-20-19-15(23-16)12-7-9-13(10-8-12)22-6-2/h7-10H,5-6,11H2,1-4H3,(H,18,21). The summed E-state index contributed by atoms with van der Waals surface area (Å²) in [5.41, 5.74) is 0.606. The Morgan fingerprint density at radius 1 is 1.25 bits per heavy atom. The first-order chi connectivity index (χ1) is 11.4. The van der Waals surface area contributed by atoms with Crippen LogP contribution < -0.4 is 10.1 Å². The van der Waals surface area contributed by atoms with Gasteiger partial charge < -0.3 is 14.5 Å². The summed E-state index contributed by atoms with van der Waals surface area (Å²) in [6.07, 6.45) is 0.867. The van der Waals surface area contributed by atoms with Gasteiger partial charge >= 0.3 is 0 Å². The Balaban J connectivity index is 1.92. The summed E-state index contributed by atoms with van der Waals surface area (Å²) >= 11 is 1.23. The summed E-state index contributed by atoms with van der Waals surface area (Å²) in [5, 5.41) is 11.3. The van der Waals surface area contributed by atoms with Gasteiger partial charge in [-0.05, 0) is 51.5 Å². The smallest absolute Gasteiger partial charge is 0.277 e. The molecule has 0 fully saturated rings. The first-order valence-corrected chi connectivity index (χ1v) is 8.92. The first-order valence-electron chi connectivity index (χ1n) is 7.94. The lowest BCUT2D eigenvalue weighted by atomic mass is 10.0. The van der Waals surface area contributed by atoms with E-state index >= 15 is 0 Å². The highest BCUT2D eigenvalue weighted by Crippen LogP contribution is 2.25. The van der Waals surface area contributed by atoms with Gasteiger partial charge in [-0.3, -0.25) is 4.79 Å². The molecule has 130 valence electrons. The molecule has 1 aromatic carbocycles. The third kappa shape index (κ3) is 5.26. The zero-order chi connectivity index (χ0) is 17.6. The number of thioether (sulfide) groups is 1. The molecule has 1 amide bonds. The van der Waals surface area contributed by atoms with Gasteiger partial charge in [-0.2, -0.15) is 0 Å². The predicted molar refractivity (Wildman–Crippen MR) is 94.1 cm³/mol. The maximum Gasteiger partial charge on any atom is 0.277 e. The van der Waals surface area contributed by atoms with Gasteiger partial charge in [0.25, 0.3) is 5.22 Å². The monoisotopic (exact) mass is 349 g/mol. The number of amides is 1. The van der Waals surface area contributed by atoms with E-state index in [9.17, 15) is 4.79 Å². The lowest BCUT2D eigenvalue weighted by molar-refractivity contribution is -0.120. The molecule has 0 saturated carbocycles. The van der Waals surface area contributed by atoms with Gasteiger partial charge in [-0.1, -0.05) is 18.7 Å². The van der Waals surface area contributed by atoms with Crippen molar-refractivity contribution in [2.24, 2.45) is 0 Å². The van der Waals surface area contributed by atoms with Gasteiger partial charge in [-0.15, -0.1) is 10.2 Å². The van der Waals surface area contributed by atoms with E-state index < -0.39 is 0 Å². The van der Waals surface area contributed by atoms with Crippen molar-refractivity contribution in [3.05, 3.63) is 24.3 Å². The summed E-state index contributed by atoms with van der Waals surface area (Å²) in [6.45, 7) is 8.58. The fourth-order valence-electron chi connectivity index (χ4n) is 1.87. The molecule has 0 atom stereocenters. The van der Waals surface area contributed by atoms with Crippen LogP contribution in [0.15, 0.2) is 33.9 Å². The van der Waals surface area contributed by atoms with Crippen molar-refractivity contribution in [2.45, 2.75) is 44.9 Å². The molecule has 7 heteroatoms. The zero-order valence-corrected chi connectivity index (χ0v) is 15.3. The van der Waals surface area contributed by atoms with Crippen LogP contribution in [0.4, 0.5) is 0 Å². The highest BCUT2D eigenvalue weighted by molar-refractivity contribution is 7.99. The maximum atomic E-state index is 11.9. The van der Waals surface area contributed by atoms with Gasteiger partial charge in [-0.25, -0.2) is 0 Å². The van der Waals surface area contributed by atoms with Gasteiger partial charge in [0.2, 0.25) is 11.8 Å². The highest BCUT2D eigenvalue weighted by Gasteiger charge is 2.18. The van der Waals surface area contributed by atoms with E-state index in [2.05, 4.69) is 15.5 Å². The molecule has 0 spiro atoms. The fourth-order valence-corrected chi connectivity index (χ4v) is 2.44. The van der Waals surface area contributed by atoms with Crippen molar-refractivity contribution in [3.8, 4) is 17.2 Å². The predicted octanol–water partition coefficient (Wildman–Crippen LogP) is 3.53. The van der Waals surface area contributed by atoms with E-state index in [0.717, 1.165) is 17.7 Å². The van der Waals surface area contributed by atoms with Gasteiger partial charge in [0.15, 0.2) is 0 Å². The molecule has 0 aliphatic heterocycles. The Morgan fingerprint density at radius 2 is 1.96 bits per heavy atom. The van der Waals surface area contributed by atoms with Crippen molar-refractivity contribution in [3.63, 3.8) is 0 Å². The van der Waals surface area contributed by atoms with Crippen LogP contribution in [0, 0.1) is 0 Å². The molecule has 0 aliphatic rings. The second-order valence-corrected chi connectivity index (χ2v) is 6.83. The second kappa shape index (κ2) is 8.19. The second-order valence-electron chi connectivity index (χ2n) is 5.90. The number of carbonyl (C=O) groups excluding carboxylic acids is 1. The van der Waals surface area contributed by atoms with Gasteiger partial charge in [0.05, 0.1) is 12.4 Å². The highest BCUT2D eigenvalue weighted by atomic mass is 32.2. The van der Waals surface area contributed by atoms with Crippen molar-refractivity contribution >= 4 is 17.7 Å². The fraction of sp³-hybridized carbons (Fsp3) is 0.471. The van der Waals surface area contributed by atoms with E-state index in [1.807, 2.05) is 52.0 Å². The van der Waals surface area contributed by atoms with Crippen LogP contribution in [-0.4, -0.2) is 34.0 Å². The number of nitrogens with one attached hydrogen (secondary N) is 1. The topological polar surface area (TPSA) is 77.2 Å². The van der Waals surface area contributed by atoms with E-state index in [0.29, 0.717) is 17.7 Å². The Hall–Kier alpha value is -2.02. The molecule has 2 rings (SSSR count). The van der Waals surface area contributed by atoms with Crippen LogP contribution in [0.2, 0.25) is 0 Å². The largest absolute Gasteiger partial charge is 0.494 e. The van der Waals surface area contributed by atoms with Crippen LogP contribution in [0.25, 0.3) is 11.5 Å². The Morgan fingerprint density at radius 3 is 2.58 bits per heavy atom. The molecule has 24 heavy (non-hydrogen) atoms. The van der Waals surface area contributed by atoms with Crippen molar-refractivity contribution < 1.29 is 13.9 Å². The van der Waals surface area contributed by atoms with E-state index in [1.54, 1.807) is 0 Å². The van der Waals surface area contributed by atoms with Crippen LogP contribution in [0.5, 0.6) is 5.75 Å². The molecule has 0 unspecified atom stereocenters. The first kappa shape index (κ1) is 18.3. The molecular weight excluding hydrogens is 326 g/mol. The minimum absolute atomic E-state index is 0.0485. The quantitative estimate of drug-likeness (QED) is 0.735. The van der Waals surface area contributed by atoms with Gasteiger partial charge in [0, 0.05) is 11.1 Å². The number of hydrogen-bond donors (Lipinski definition) is 1. The number of aromatic nitrogens is 2. The number of rotatable bonds is 8. The summed E-state index contributed by atoms with van der Waals surface area (Å²) in [5.74, 6) is 1.42. The normalized spacial score (nSPS) is 11.3. The van der Waals surface area contributed by atoms with Crippen molar-refractivity contribution in [2.75, 3.05) is 12.4 Å². The Labute approximate surface area is 146 Å². The van der Waals surface area contributed by atoms with Crippen molar-refractivity contribution in [1.29, 1.82) is 0 Å². The lowest BCUT2D eigenvalue weighted by Crippen LogP contribution is -2.43. The molecule has 0 bridgehead atoms. The number of hydrogen-bond acceptors (Lipinski definition) is 6. The molecular formula is C17H23N3O3S. The molecule has 6 nitrogen and oxygen atoms in total. The van der Waals surface area contributed by atoms with Crippen LogP contribution in [0.3, 0.4) is 0 Å². The molecule has 1 heterocycles. The average molecular weight is 349 g/mol. The maximum absolute atomic E-state index is 11.9. The Kier molecular flexibility index (Phi) is 6.25. The molecule has 1 aromatic heterocycles. The SMILES string of the molecule is CCOc1ccc(-c2nnc(SCC(=O)NC(C)(C)CC)o2)cc1. The molecule has 0 radical (unpaired) electrons. The Bertz CT molecular complexity index is 668. The summed E-state index contributed by atoms with van der Waals surface area (Å²) in [6, 6.07) is 7.44. The average Bonchev–Trinajstić information content (AvgIpc) is 3.03. The molecule has 0 aliphatic carbocycles. The minimum Gasteiger partial charge on any atom is -0.494 e. The molecule has 1 N–H and O–H groups in total. The number of ether oxygens (including phenoxy) is 1. The number of benzene rings is 1. The van der Waals surface area contributed by atoms with Crippen LogP contribution in [0.1, 0.15) is 34.1 Å². The lowest BCUT2D eigenvalue weighted by Gasteiger charge is -2.24. The minimum atomic E-state index is -0.208. The van der Waals surface area contributed by atoms with Gasteiger partial charge in [0.1, 0.15) is 5.75 Å². The third-order valence-electron chi connectivity index (χ3n) is 3.51. The zero-order valence-electron chi connectivity index (χ0n) is 14.5. The summed E-state index contributed by atoms with van der Waals surface area (Å²) in [4.78, 5) is 11.9. The third-order valence-corrected chi connectivity index (χ3v) is 4.33. The van der Waals surface area contributed by atoms with Crippen LogP contribution >= 0.6 is 11.8 Å². The number of carbonyl (C=O) groups is 1. The molecule has 0 saturated heterocycles. The number of nitrogens with zero attached hydrogens (tertiary/aromatic N) is 2. The van der Waals surface area contributed by atoms with Crippen LogP contribution in [-0.2, 0) is 4.79 Å². The molecule has 2 aromatic rings. The van der Waals surface area contributed by atoms with Crippen molar-refractivity contribution in [1.82, 2.24) is 15.5 Å². The van der Waals surface area contributed by atoms with E-state index in [4.69, 9.17) is 9.15 Å². The van der Waals surface area contributed by atoms with E-state index in [-0.39, 0.29) is 17.2 Å². The summed E-state index contributed by atoms with van der Waals surface area (Å²) in [7, 11) is 0.